The van der Waals surface area contributed by atoms with Crippen molar-refractivity contribution in [1.82, 2.24) is 14.5 Å². The van der Waals surface area contributed by atoms with Crippen LogP contribution in [0.1, 0.15) is 67.4 Å². The fraction of sp³-hybridized carbons (Fsp3) is 0.500. The molecule has 1 fully saturated rings. The Morgan fingerprint density at radius 2 is 1.97 bits per heavy atom. The predicted octanol–water partition coefficient (Wildman–Crippen LogP) is 5.12. The minimum atomic E-state index is -0.113. The quantitative estimate of drug-likeness (QED) is 0.543. The van der Waals surface area contributed by atoms with Gasteiger partial charge >= 0.3 is 0 Å². The maximum atomic E-state index is 13.3. The predicted molar refractivity (Wildman–Crippen MR) is 129 cm³/mol. The Balaban J connectivity index is 1.39. The molecule has 1 saturated carbocycles. The van der Waals surface area contributed by atoms with Gasteiger partial charge < -0.3 is 4.90 Å². The van der Waals surface area contributed by atoms with Crippen LogP contribution in [-0.4, -0.2) is 26.9 Å². The van der Waals surface area contributed by atoms with E-state index in [4.69, 9.17) is 0 Å². The maximum absolute atomic E-state index is 13.3. The molecule has 3 aromatic rings. The van der Waals surface area contributed by atoms with Crippen molar-refractivity contribution < 1.29 is 4.79 Å². The van der Waals surface area contributed by atoms with Crippen molar-refractivity contribution in [2.45, 2.75) is 70.9 Å². The van der Waals surface area contributed by atoms with E-state index in [0.717, 1.165) is 45.6 Å². The normalized spacial score (nSPS) is 18.0. The number of hydrogen-bond donors (Lipinski definition) is 0. The molecule has 1 aliphatic heterocycles. The number of nitrogens with zero attached hydrogens (tertiary/aromatic N) is 3. The van der Waals surface area contributed by atoms with Gasteiger partial charge in [0.15, 0.2) is 0 Å². The molecule has 1 atom stereocenters. The van der Waals surface area contributed by atoms with Gasteiger partial charge in [-0.3, -0.25) is 14.2 Å². The summed E-state index contributed by atoms with van der Waals surface area (Å²) in [5, 5.41) is 0.797. The average Bonchev–Trinajstić information content (AvgIpc) is 3.21. The van der Waals surface area contributed by atoms with Crippen LogP contribution in [0.4, 0.5) is 0 Å². The van der Waals surface area contributed by atoms with Crippen LogP contribution < -0.4 is 5.56 Å². The van der Waals surface area contributed by atoms with Crippen LogP contribution in [0.5, 0.6) is 0 Å². The largest absolute Gasteiger partial charge is 0.337 e. The van der Waals surface area contributed by atoms with Gasteiger partial charge in [-0.25, -0.2) is 4.98 Å². The molecule has 5 nitrogen and oxygen atoms in total. The van der Waals surface area contributed by atoms with Gasteiger partial charge in [0, 0.05) is 18.0 Å². The molecule has 2 aromatic heterocycles. The van der Waals surface area contributed by atoms with Gasteiger partial charge in [0.05, 0.1) is 24.2 Å². The highest BCUT2D eigenvalue weighted by Crippen LogP contribution is 2.34. The highest BCUT2D eigenvalue weighted by Gasteiger charge is 2.30. The molecule has 6 heteroatoms. The van der Waals surface area contributed by atoms with E-state index in [1.807, 2.05) is 39.8 Å². The smallest absolute Gasteiger partial charge is 0.262 e. The van der Waals surface area contributed by atoms with Crippen LogP contribution in [0.15, 0.2) is 41.5 Å². The molecule has 1 aromatic carbocycles. The van der Waals surface area contributed by atoms with E-state index in [1.54, 1.807) is 17.7 Å². The number of thiophene rings is 1. The molecule has 5 rings (SSSR count). The van der Waals surface area contributed by atoms with Crippen LogP contribution in [0.2, 0.25) is 0 Å². The zero-order valence-corrected chi connectivity index (χ0v) is 19.6. The van der Waals surface area contributed by atoms with E-state index in [9.17, 15) is 9.59 Å². The first-order chi connectivity index (χ1) is 15.7. The minimum absolute atomic E-state index is 0.105. The van der Waals surface area contributed by atoms with Gasteiger partial charge in [0.2, 0.25) is 5.91 Å². The fourth-order valence-electron chi connectivity index (χ4n) is 5.44. The number of carbonyl (C=O) groups excluding carboxylic acids is 1. The lowest BCUT2D eigenvalue weighted by Gasteiger charge is -2.30. The molecule has 1 aliphatic carbocycles. The van der Waals surface area contributed by atoms with E-state index in [1.165, 1.54) is 32.1 Å². The first-order valence-corrected chi connectivity index (χ1v) is 12.8. The van der Waals surface area contributed by atoms with Crippen LogP contribution in [0.25, 0.3) is 10.2 Å². The molecule has 0 spiro atoms. The molecule has 2 aliphatic rings. The van der Waals surface area contributed by atoms with E-state index in [0.29, 0.717) is 19.0 Å². The summed E-state index contributed by atoms with van der Waals surface area (Å²) < 4.78 is 1.84. The van der Waals surface area contributed by atoms with Crippen LogP contribution in [0, 0.1) is 5.92 Å². The highest BCUT2D eigenvalue weighted by atomic mass is 32.1. The van der Waals surface area contributed by atoms with Gasteiger partial charge in [-0.15, -0.1) is 11.3 Å². The summed E-state index contributed by atoms with van der Waals surface area (Å²) in [5.41, 5.74) is 2.31. The summed E-state index contributed by atoms with van der Waals surface area (Å²) in [4.78, 5) is 35.3. The SMILES string of the molecule is CCC(C(=O)N1CCc2c(sc3ncn(CC4CCCCC4)c(=O)c23)C1)c1ccccc1. The summed E-state index contributed by atoms with van der Waals surface area (Å²) in [6.45, 7) is 4.11. The van der Waals surface area contributed by atoms with Crippen molar-refractivity contribution in [1.29, 1.82) is 0 Å². The number of rotatable bonds is 5. The lowest BCUT2D eigenvalue weighted by molar-refractivity contribution is -0.133. The van der Waals surface area contributed by atoms with Crippen molar-refractivity contribution in [2.75, 3.05) is 6.54 Å². The number of carbonyl (C=O) groups is 1. The summed E-state index contributed by atoms with van der Waals surface area (Å²) in [7, 11) is 0. The van der Waals surface area contributed by atoms with Gasteiger partial charge in [0.25, 0.3) is 5.56 Å². The third-order valence-corrected chi connectivity index (χ3v) is 8.35. The number of aromatic nitrogens is 2. The van der Waals surface area contributed by atoms with Crippen molar-refractivity contribution in [3.63, 3.8) is 0 Å². The molecule has 168 valence electrons. The minimum Gasteiger partial charge on any atom is -0.337 e. The van der Waals surface area contributed by atoms with Crippen LogP contribution in [0.3, 0.4) is 0 Å². The molecule has 0 N–H and O–H groups in total. The molecular formula is C26H31N3O2S. The van der Waals surface area contributed by atoms with Gasteiger partial charge in [-0.1, -0.05) is 56.5 Å². The van der Waals surface area contributed by atoms with Crippen LogP contribution in [-0.2, 0) is 24.3 Å². The van der Waals surface area contributed by atoms with E-state index >= 15 is 0 Å². The summed E-state index contributed by atoms with van der Waals surface area (Å²) in [6.07, 6.45) is 9.55. The molecule has 0 bridgehead atoms. The summed E-state index contributed by atoms with van der Waals surface area (Å²) in [5.74, 6) is 0.662. The average molecular weight is 450 g/mol. The number of amides is 1. The number of hydrogen-bond acceptors (Lipinski definition) is 4. The zero-order chi connectivity index (χ0) is 22.1. The third-order valence-electron chi connectivity index (χ3n) is 7.23. The second kappa shape index (κ2) is 9.18. The monoisotopic (exact) mass is 449 g/mol. The van der Waals surface area contributed by atoms with Gasteiger partial charge in [-0.2, -0.15) is 0 Å². The van der Waals surface area contributed by atoms with E-state index < -0.39 is 0 Å². The zero-order valence-electron chi connectivity index (χ0n) is 18.8. The van der Waals surface area contributed by atoms with Gasteiger partial charge in [-0.05, 0) is 42.7 Å². The van der Waals surface area contributed by atoms with Crippen molar-refractivity contribution >= 4 is 27.5 Å². The Morgan fingerprint density at radius 3 is 2.72 bits per heavy atom. The highest BCUT2D eigenvalue weighted by molar-refractivity contribution is 7.18. The topological polar surface area (TPSA) is 55.2 Å². The summed E-state index contributed by atoms with van der Waals surface area (Å²) >= 11 is 1.59. The Hall–Kier alpha value is -2.47. The Bertz CT molecular complexity index is 1160. The van der Waals surface area contributed by atoms with Crippen molar-refractivity contribution in [2.24, 2.45) is 5.92 Å². The second-order valence-corrected chi connectivity index (χ2v) is 10.4. The lowest BCUT2D eigenvalue weighted by atomic mass is 9.89. The first kappa shape index (κ1) is 21.4. The Kier molecular flexibility index (Phi) is 6.13. The first-order valence-electron chi connectivity index (χ1n) is 12.0. The molecule has 0 saturated heterocycles. The molecule has 1 amide bonds. The van der Waals surface area contributed by atoms with E-state index in [-0.39, 0.29) is 17.4 Å². The summed E-state index contributed by atoms with van der Waals surface area (Å²) in [6, 6.07) is 10.1. The second-order valence-electron chi connectivity index (χ2n) is 9.27. The van der Waals surface area contributed by atoms with Crippen molar-refractivity contribution in [3.05, 3.63) is 63.0 Å². The Morgan fingerprint density at radius 1 is 1.19 bits per heavy atom. The molecule has 1 unspecified atom stereocenters. The fourth-order valence-corrected chi connectivity index (χ4v) is 6.64. The van der Waals surface area contributed by atoms with Gasteiger partial charge in [0.1, 0.15) is 4.83 Å². The molecule has 32 heavy (non-hydrogen) atoms. The number of fused-ring (bicyclic) bond motifs is 3. The van der Waals surface area contributed by atoms with Crippen LogP contribution >= 0.6 is 11.3 Å². The molecule has 0 radical (unpaired) electrons. The molecular weight excluding hydrogens is 418 g/mol. The third kappa shape index (κ3) is 4.01. The molecule has 3 heterocycles. The van der Waals surface area contributed by atoms with E-state index in [2.05, 4.69) is 11.9 Å². The Labute approximate surface area is 193 Å². The lowest BCUT2D eigenvalue weighted by Crippen LogP contribution is -2.38. The standard InChI is InChI=1S/C26H31N3O2S/c1-2-20(19-11-7-4-8-12-19)25(30)28-14-13-21-22(16-28)32-24-23(21)26(31)29(17-27-24)15-18-9-5-3-6-10-18/h4,7-8,11-12,17-18,20H,2-3,5-6,9-10,13-16H2,1H3. The number of benzene rings is 1. The van der Waals surface area contributed by atoms with Crippen molar-refractivity contribution in [3.8, 4) is 0 Å². The maximum Gasteiger partial charge on any atom is 0.262 e.